The van der Waals surface area contributed by atoms with E-state index in [0.717, 1.165) is 0 Å². The number of H-pyrrole nitrogens is 1. The van der Waals surface area contributed by atoms with E-state index in [0.29, 0.717) is 21.7 Å². The number of aromatic amines is 1. The standard InChI is InChI=1S/C15H11FN4OS/c16-12-7-5-10(6-8-12)14-18-19-15(22)20(14)17-9-11-3-1-2-4-13(11)21/h1-9,21H,(H,19,22). The number of phenols is 1. The molecule has 0 aliphatic rings. The van der Waals surface area contributed by atoms with Crippen molar-refractivity contribution in [2.75, 3.05) is 0 Å². The maximum absolute atomic E-state index is 13.0. The molecule has 0 aliphatic heterocycles. The van der Waals surface area contributed by atoms with E-state index in [9.17, 15) is 9.50 Å². The molecule has 0 saturated carbocycles. The lowest BCUT2D eigenvalue weighted by atomic mass is 10.2. The zero-order valence-electron chi connectivity index (χ0n) is 11.3. The number of aromatic nitrogens is 3. The number of benzene rings is 2. The van der Waals surface area contributed by atoms with Crippen LogP contribution in [0.2, 0.25) is 0 Å². The summed E-state index contributed by atoms with van der Waals surface area (Å²) in [6, 6.07) is 12.7. The molecule has 3 aromatic rings. The monoisotopic (exact) mass is 314 g/mol. The number of hydrogen-bond acceptors (Lipinski definition) is 4. The van der Waals surface area contributed by atoms with Gasteiger partial charge in [-0.2, -0.15) is 14.9 Å². The Morgan fingerprint density at radius 3 is 2.64 bits per heavy atom. The largest absolute Gasteiger partial charge is 0.507 e. The predicted molar refractivity (Wildman–Crippen MR) is 83.9 cm³/mol. The average Bonchev–Trinajstić information content (AvgIpc) is 2.88. The van der Waals surface area contributed by atoms with Crippen LogP contribution < -0.4 is 0 Å². The maximum atomic E-state index is 13.0. The topological polar surface area (TPSA) is 66.2 Å². The Hall–Kier alpha value is -2.80. The molecule has 0 fully saturated rings. The lowest BCUT2D eigenvalue weighted by molar-refractivity contribution is 0.474. The van der Waals surface area contributed by atoms with Crippen molar-refractivity contribution >= 4 is 18.4 Å². The maximum Gasteiger partial charge on any atom is 0.216 e. The molecule has 1 aromatic heterocycles. The third-order valence-corrected chi connectivity index (χ3v) is 3.27. The lowest BCUT2D eigenvalue weighted by Crippen LogP contribution is -1.95. The number of nitrogens with one attached hydrogen (secondary N) is 1. The quantitative estimate of drug-likeness (QED) is 0.575. The zero-order valence-corrected chi connectivity index (χ0v) is 12.1. The van der Waals surface area contributed by atoms with Crippen LogP contribution in [0.4, 0.5) is 4.39 Å². The Bertz CT molecular complexity index is 883. The number of hydrogen-bond donors (Lipinski definition) is 2. The molecular weight excluding hydrogens is 303 g/mol. The second kappa shape index (κ2) is 5.90. The Morgan fingerprint density at radius 2 is 1.91 bits per heavy atom. The summed E-state index contributed by atoms with van der Waals surface area (Å²) in [6.07, 6.45) is 1.48. The third kappa shape index (κ3) is 2.79. The molecule has 0 atom stereocenters. The normalized spacial score (nSPS) is 11.1. The van der Waals surface area contributed by atoms with Crippen LogP contribution in [0, 0.1) is 10.6 Å². The Labute approximate surface area is 130 Å². The first kappa shape index (κ1) is 14.2. The minimum absolute atomic E-state index is 0.115. The summed E-state index contributed by atoms with van der Waals surface area (Å²) < 4.78 is 14.7. The molecule has 0 unspecified atom stereocenters. The number of rotatable bonds is 3. The number of halogens is 1. The molecule has 2 N–H and O–H groups in total. The second-order valence-electron chi connectivity index (χ2n) is 4.47. The van der Waals surface area contributed by atoms with Gasteiger partial charge in [0.1, 0.15) is 11.6 Å². The minimum atomic E-state index is -0.331. The van der Waals surface area contributed by atoms with Gasteiger partial charge in [-0.1, -0.05) is 12.1 Å². The summed E-state index contributed by atoms with van der Waals surface area (Å²) in [5, 5.41) is 20.7. The van der Waals surface area contributed by atoms with Crippen molar-refractivity contribution in [2.45, 2.75) is 0 Å². The fraction of sp³-hybridized carbons (Fsp3) is 0. The molecule has 1 heterocycles. The second-order valence-corrected chi connectivity index (χ2v) is 4.86. The van der Waals surface area contributed by atoms with E-state index in [1.165, 1.54) is 23.0 Å². The van der Waals surface area contributed by atoms with Crippen molar-refractivity contribution in [1.82, 2.24) is 14.9 Å². The van der Waals surface area contributed by atoms with Gasteiger partial charge in [-0.05, 0) is 48.6 Å². The Kier molecular flexibility index (Phi) is 3.80. The highest BCUT2D eigenvalue weighted by atomic mass is 32.1. The van der Waals surface area contributed by atoms with Crippen molar-refractivity contribution in [3.8, 4) is 17.1 Å². The van der Waals surface area contributed by atoms with Gasteiger partial charge < -0.3 is 5.11 Å². The molecule has 5 nitrogen and oxygen atoms in total. The van der Waals surface area contributed by atoms with Crippen LogP contribution in [-0.4, -0.2) is 26.2 Å². The fourth-order valence-corrected chi connectivity index (χ4v) is 2.08. The van der Waals surface area contributed by atoms with Crippen molar-refractivity contribution in [3.05, 3.63) is 64.7 Å². The van der Waals surface area contributed by atoms with Crippen LogP contribution in [0.1, 0.15) is 5.56 Å². The van der Waals surface area contributed by atoms with Gasteiger partial charge >= 0.3 is 0 Å². The van der Waals surface area contributed by atoms with Gasteiger partial charge in [-0.25, -0.2) is 9.49 Å². The summed E-state index contributed by atoms with van der Waals surface area (Å²) in [5.74, 6) is 0.239. The van der Waals surface area contributed by atoms with Gasteiger partial charge in [0.2, 0.25) is 4.77 Å². The zero-order chi connectivity index (χ0) is 15.5. The first-order valence-corrected chi connectivity index (χ1v) is 6.81. The van der Waals surface area contributed by atoms with Crippen LogP contribution in [0.3, 0.4) is 0 Å². The first-order chi connectivity index (χ1) is 10.6. The van der Waals surface area contributed by atoms with Gasteiger partial charge in [-0.3, -0.25) is 0 Å². The molecule has 22 heavy (non-hydrogen) atoms. The molecule has 0 amide bonds. The van der Waals surface area contributed by atoms with Crippen LogP contribution >= 0.6 is 12.2 Å². The van der Waals surface area contributed by atoms with Crippen LogP contribution in [-0.2, 0) is 0 Å². The Morgan fingerprint density at radius 1 is 1.18 bits per heavy atom. The molecule has 0 saturated heterocycles. The summed E-state index contributed by atoms with van der Waals surface area (Å²) in [4.78, 5) is 0. The van der Waals surface area contributed by atoms with E-state index in [2.05, 4.69) is 15.3 Å². The van der Waals surface area contributed by atoms with Gasteiger partial charge in [-0.15, -0.1) is 0 Å². The van der Waals surface area contributed by atoms with Crippen LogP contribution in [0.5, 0.6) is 5.75 Å². The van der Waals surface area contributed by atoms with E-state index in [1.807, 2.05) is 0 Å². The third-order valence-electron chi connectivity index (χ3n) is 3.00. The highest BCUT2D eigenvalue weighted by molar-refractivity contribution is 7.71. The molecule has 2 aromatic carbocycles. The highest BCUT2D eigenvalue weighted by Gasteiger charge is 2.08. The summed E-state index contributed by atoms with van der Waals surface area (Å²) in [6.45, 7) is 0. The van der Waals surface area contributed by atoms with E-state index in [4.69, 9.17) is 12.2 Å². The predicted octanol–water partition coefficient (Wildman–Crippen LogP) is 3.33. The molecule has 0 bridgehead atoms. The van der Waals surface area contributed by atoms with E-state index < -0.39 is 0 Å². The molecule has 0 aliphatic carbocycles. The molecule has 0 radical (unpaired) electrons. The fourth-order valence-electron chi connectivity index (χ4n) is 1.90. The van der Waals surface area contributed by atoms with Crippen LogP contribution in [0.15, 0.2) is 53.6 Å². The van der Waals surface area contributed by atoms with Gasteiger partial charge in [0.25, 0.3) is 0 Å². The highest BCUT2D eigenvalue weighted by Crippen LogP contribution is 2.18. The number of para-hydroxylation sites is 1. The summed E-state index contributed by atoms with van der Waals surface area (Å²) >= 11 is 5.14. The van der Waals surface area contributed by atoms with Gasteiger partial charge in [0, 0.05) is 11.1 Å². The van der Waals surface area contributed by atoms with Crippen molar-refractivity contribution < 1.29 is 9.50 Å². The molecule has 3 rings (SSSR count). The summed E-state index contributed by atoms with van der Waals surface area (Å²) in [7, 11) is 0. The minimum Gasteiger partial charge on any atom is -0.507 e. The van der Waals surface area contributed by atoms with E-state index >= 15 is 0 Å². The van der Waals surface area contributed by atoms with Gasteiger partial charge in [0.15, 0.2) is 5.82 Å². The molecule has 0 spiro atoms. The summed E-state index contributed by atoms with van der Waals surface area (Å²) in [5.41, 5.74) is 1.22. The Balaban J connectivity index is 2.01. The average molecular weight is 314 g/mol. The molecule has 110 valence electrons. The van der Waals surface area contributed by atoms with Crippen molar-refractivity contribution in [2.24, 2.45) is 5.10 Å². The smallest absolute Gasteiger partial charge is 0.216 e. The van der Waals surface area contributed by atoms with Gasteiger partial charge in [0.05, 0.1) is 6.21 Å². The SMILES string of the molecule is Oc1ccccc1C=Nn1c(-c2ccc(F)cc2)n[nH]c1=S. The van der Waals surface area contributed by atoms with Crippen molar-refractivity contribution in [1.29, 1.82) is 0 Å². The van der Waals surface area contributed by atoms with Crippen molar-refractivity contribution in [3.63, 3.8) is 0 Å². The first-order valence-electron chi connectivity index (χ1n) is 6.41. The molecular formula is C15H11FN4OS. The molecule has 7 heteroatoms. The van der Waals surface area contributed by atoms with Crippen LogP contribution in [0.25, 0.3) is 11.4 Å². The number of phenolic OH excluding ortho intramolecular Hbond substituents is 1. The van der Waals surface area contributed by atoms with E-state index in [1.54, 1.807) is 36.4 Å². The lowest BCUT2D eigenvalue weighted by Gasteiger charge is -2.01. The van der Waals surface area contributed by atoms with E-state index in [-0.39, 0.29) is 11.6 Å². The number of nitrogens with zero attached hydrogens (tertiary/aromatic N) is 3. The number of aromatic hydroxyl groups is 1.